The average molecular weight is 245 g/mol. The number of hydrogen-bond acceptors (Lipinski definition) is 4. The molecular weight excluding hydrogens is 218 g/mol. The number of aliphatic hydroxyl groups excluding tert-OH is 2. The molecule has 0 aromatic heterocycles. The van der Waals surface area contributed by atoms with Gasteiger partial charge in [-0.1, -0.05) is 19.8 Å². The lowest BCUT2D eigenvalue weighted by molar-refractivity contribution is -0.00682. The minimum absolute atomic E-state index is 0.169. The first kappa shape index (κ1) is 14.9. The van der Waals surface area contributed by atoms with Gasteiger partial charge in [-0.3, -0.25) is 0 Å². The molecule has 3 N–H and O–H groups in total. The van der Waals surface area contributed by atoms with Gasteiger partial charge in [0.05, 0.1) is 18.8 Å². The van der Waals surface area contributed by atoms with E-state index >= 15 is 0 Å². The monoisotopic (exact) mass is 245 g/mol. The van der Waals surface area contributed by atoms with E-state index in [-0.39, 0.29) is 18.6 Å². The molecule has 0 saturated heterocycles. The van der Waals surface area contributed by atoms with E-state index in [1.807, 2.05) is 13.8 Å². The zero-order valence-electron chi connectivity index (χ0n) is 11.1. The van der Waals surface area contributed by atoms with Gasteiger partial charge in [0.1, 0.15) is 0 Å². The van der Waals surface area contributed by atoms with Crippen LogP contribution in [0.4, 0.5) is 0 Å². The fraction of sp³-hybridized carbons (Fsp3) is 1.00. The number of rotatable bonds is 8. The SMILES string of the molecule is CC(CO)C(C)NCC(O)COC1CCCC1. The third-order valence-electron chi connectivity index (χ3n) is 3.64. The van der Waals surface area contributed by atoms with Crippen molar-refractivity contribution in [3.63, 3.8) is 0 Å². The maximum Gasteiger partial charge on any atom is 0.0897 e. The Balaban J connectivity index is 2.05. The molecule has 1 rings (SSSR count). The third-order valence-corrected chi connectivity index (χ3v) is 3.64. The smallest absolute Gasteiger partial charge is 0.0897 e. The summed E-state index contributed by atoms with van der Waals surface area (Å²) < 4.78 is 5.64. The zero-order chi connectivity index (χ0) is 12.7. The second kappa shape index (κ2) is 8.03. The molecule has 1 aliphatic rings. The van der Waals surface area contributed by atoms with Gasteiger partial charge in [-0.05, 0) is 25.7 Å². The van der Waals surface area contributed by atoms with E-state index < -0.39 is 6.10 Å². The lowest BCUT2D eigenvalue weighted by Gasteiger charge is -2.22. The molecule has 4 heteroatoms. The lowest BCUT2D eigenvalue weighted by Crippen LogP contribution is -2.40. The van der Waals surface area contributed by atoms with Crippen LogP contribution in [-0.4, -0.2) is 48.2 Å². The van der Waals surface area contributed by atoms with Crippen LogP contribution in [0.3, 0.4) is 0 Å². The van der Waals surface area contributed by atoms with Crippen molar-refractivity contribution in [2.45, 2.75) is 57.8 Å². The highest BCUT2D eigenvalue weighted by molar-refractivity contribution is 4.71. The Hall–Kier alpha value is -0.160. The lowest BCUT2D eigenvalue weighted by atomic mass is 10.1. The van der Waals surface area contributed by atoms with Gasteiger partial charge >= 0.3 is 0 Å². The summed E-state index contributed by atoms with van der Waals surface area (Å²) in [7, 11) is 0. The summed E-state index contributed by atoms with van der Waals surface area (Å²) in [6, 6.07) is 0.209. The molecule has 0 radical (unpaired) electrons. The van der Waals surface area contributed by atoms with E-state index in [1.165, 1.54) is 12.8 Å². The van der Waals surface area contributed by atoms with E-state index in [9.17, 15) is 5.11 Å². The van der Waals surface area contributed by atoms with Gasteiger partial charge in [0, 0.05) is 19.2 Å². The van der Waals surface area contributed by atoms with Gasteiger partial charge in [0.2, 0.25) is 0 Å². The molecular formula is C13H27NO3. The van der Waals surface area contributed by atoms with Crippen LogP contribution in [-0.2, 0) is 4.74 Å². The molecule has 17 heavy (non-hydrogen) atoms. The van der Waals surface area contributed by atoms with Gasteiger partial charge in [0.15, 0.2) is 0 Å². The predicted octanol–water partition coefficient (Wildman–Crippen LogP) is 0.913. The highest BCUT2D eigenvalue weighted by Crippen LogP contribution is 2.20. The topological polar surface area (TPSA) is 61.7 Å². The molecule has 3 unspecified atom stereocenters. The largest absolute Gasteiger partial charge is 0.396 e. The maximum atomic E-state index is 9.76. The van der Waals surface area contributed by atoms with Crippen LogP contribution in [0.15, 0.2) is 0 Å². The third kappa shape index (κ3) is 5.82. The summed E-state index contributed by atoms with van der Waals surface area (Å²) in [5.74, 6) is 0.206. The Bertz CT molecular complexity index is 195. The Morgan fingerprint density at radius 1 is 1.29 bits per heavy atom. The van der Waals surface area contributed by atoms with Crippen molar-refractivity contribution in [1.29, 1.82) is 0 Å². The normalized spacial score (nSPS) is 22.6. The van der Waals surface area contributed by atoms with Gasteiger partial charge < -0.3 is 20.3 Å². The summed E-state index contributed by atoms with van der Waals surface area (Å²) in [6.45, 7) is 5.11. The van der Waals surface area contributed by atoms with Crippen molar-refractivity contribution in [3.05, 3.63) is 0 Å². The molecule has 0 aromatic rings. The highest BCUT2D eigenvalue weighted by atomic mass is 16.5. The second-order valence-electron chi connectivity index (χ2n) is 5.25. The first-order valence-electron chi connectivity index (χ1n) is 6.77. The molecule has 0 amide bonds. The summed E-state index contributed by atoms with van der Waals surface area (Å²) >= 11 is 0. The first-order chi connectivity index (χ1) is 8.13. The Labute approximate surface area is 104 Å². The molecule has 0 heterocycles. The number of hydrogen-bond donors (Lipinski definition) is 3. The summed E-state index contributed by atoms with van der Waals surface area (Å²) in [5, 5.41) is 22.0. The summed E-state index contributed by atoms with van der Waals surface area (Å²) in [5.41, 5.74) is 0. The fourth-order valence-corrected chi connectivity index (χ4v) is 2.04. The Kier molecular flexibility index (Phi) is 7.04. The van der Waals surface area contributed by atoms with Crippen molar-refractivity contribution in [2.24, 2.45) is 5.92 Å². The number of nitrogens with one attached hydrogen (secondary N) is 1. The quantitative estimate of drug-likeness (QED) is 0.595. The van der Waals surface area contributed by atoms with Gasteiger partial charge in [0.25, 0.3) is 0 Å². The molecule has 1 fully saturated rings. The maximum absolute atomic E-state index is 9.76. The minimum atomic E-state index is -0.455. The Morgan fingerprint density at radius 3 is 2.53 bits per heavy atom. The zero-order valence-corrected chi connectivity index (χ0v) is 11.1. The van der Waals surface area contributed by atoms with Gasteiger partial charge in [-0.25, -0.2) is 0 Å². The molecule has 1 saturated carbocycles. The molecule has 0 spiro atoms. The van der Waals surface area contributed by atoms with Crippen LogP contribution < -0.4 is 5.32 Å². The van der Waals surface area contributed by atoms with Gasteiger partial charge in [-0.15, -0.1) is 0 Å². The van der Waals surface area contributed by atoms with Crippen LogP contribution in [0.25, 0.3) is 0 Å². The molecule has 0 aliphatic heterocycles. The number of aliphatic hydroxyl groups is 2. The summed E-state index contributed by atoms with van der Waals surface area (Å²) in [6.07, 6.45) is 4.69. The van der Waals surface area contributed by atoms with E-state index in [1.54, 1.807) is 0 Å². The molecule has 3 atom stereocenters. The standard InChI is InChI=1S/C13H27NO3/c1-10(8-15)11(2)14-7-12(16)9-17-13-5-3-4-6-13/h10-16H,3-9H2,1-2H3. The van der Waals surface area contributed by atoms with E-state index in [0.29, 0.717) is 19.3 Å². The van der Waals surface area contributed by atoms with Crippen molar-refractivity contribution >= 4 is 0 Å². The predicted molar refractivity (Wildman–Crippen MR) is 67.9 cm³/mol. The molecule has 102 valence electrons. The minimum Gasteiger partial charge on any atom is -0.396 e. The van der Waals surface area contributed by atoms with E-state index in [0.717, 1.165) is 12.8 Å². The van der Waals surface area contributed by atoms with Crippen molar-refractivity contribution < 1.29 is 14.9 Å². The number of ether oxygens (including phenoxy) is 1. The van der Waals surface area contributed by atoms with Crippen molar-refractivity contribution in [2.75, 3.05) is 19.8 Å². The second-order valence-corrected chi connectivity index (χ2v) is 5.25. The Morgan fingerprint density at radius 2 is 1.94 bits per heavy atom. The molecule has 4 nitrogen and oxygen atoms in total. The van der Waals surface area contributed by atoms with E-state index in [4.69, 9.17) is 9.84 Å². The molecule has 0 aromatic carbocycles. The van der Waals surface area contributed by atoms with E-state index in [2.05, 4.69) is 5.32 Å². The fourth-order valence-electron chi connectivity index (χ4n) is 2.04. The van der Waals surface area contributed by atoms with Crippen molar-refractivity contribution in [3.8, 4) is 0 Å². The van der Waals surface area contributed by atoms with Crippen molar-refractivity contribution in [1.82, 2.24) is 5.32 Å². The van der Waals surface area contributed by atoms with Crippen LogP contribution >= 0.6 is 0 Å². The van der Waals surface area contributed by atoms with Crippen LogP contribution in [0, 0.1) is 5.92 Å². The van der Waals surface area contributed by atoms with Crippen LogP contribution in [0.2, 0.25) is 0 Å². The highest BCUT2D eigenvalue weighted by Gasteiger charge is 2.17. The van der Waals surface area contributed by atoms with Crippen LogP contribution in [0.5, 0.6) is 0 Å². The average Bonchev–Trinajstić information content (AvgIpc) is 2.85. The molecule has 0 bridgehead atoms. The molecule has 1 aliphatic carbocycles. The summed E-state index contributed by atoms with van der Waals surface area (Å²) in [4.78, 5) is 0. The van der Waals surface area contributed by atoms with Crippen LogP contribution in [0.1, 0.15) is 39.5 Å². The first-order valence-corrected chi connectivity index (χ1v) is 6.77. The van der Waals surface area contributed by atoms with Gasteiger partial charge in [-0.2, -0.15) is 0 Å².